The first-order valence-electron chi connectivity index (χ1n) is 9.60. The van der Waals surface area contributed by atoms with E-state index in [4.69, 9.17) is 0 Å². The zero-order valence-electron chi connectivity index (χ0n) is 16.3. The van der Waals surface area contributed by atoms with E-state index in [1.165, 1.54) is 44.1 Å². The molecule has 2 aromatic carbocycles. The Hall–Kier alpha value is -2.38. The third kappa shape index (κ3) is 4.72. The lowest BCUT2D eigenvalue weighted by Gasteiger charge is -2.29. The van der Waals surface area contributed by atoms with E-state index in [1.54, 1.807) is 12.1 Å². The van der Waals surface area contributed by atoms with Crippen LogP contribution in [0, 0.1) is 0 Å². The fourth-order valence-corrected chi connectivity index (χ4v) is 4.19. The highest BCUT2D eigenvalue weighted by molar-refractivity contribution is 7.89. The summed E-state index contributed by atoms with van der Waals surface area (Å²) >= 11 is 0. The first-order chi connectivity index (χ1) is 13.4. The molecule has 1 atom stereocenters. The van der Waals surface area contributed by atoms with Gasteiger partial charge in [-0.2, -0.15) is 0 Å². The molecule has 0 aliphatic carbocycles. The summed E-state index contributed by atoms with van der Waals surface area (Å²) < 4.78 is 26.1. The third-order valence-electron chi connectivity index (χ3n) is 5.14. The van der Waals surface area contributed by atoms with Gasteiger partial charge in [0.05, 0.1) is 10.9 Å². The Morgan fingerprint density at radius 1 is 1.04 bits per heavy atom. The summed E-state index contributed by atoms with van der Waals surface area (Å²) in [5.74, 6) is -0.305. The number of benzene rings is 2. The van der Waals surface area contributed by atoms with Gasteiger partial charge in [-0.3, -0.25) is 4.79 Å². The molecular weight excluding hydrogens is 374 g/mol. The summed E-state index contributed by atoms with van der Waals surface area (Å²) in [6.07, 6.45) is 3.77. The predicted octanol–water partition coefficient (Wildman–Crippen LogP) is 3.08. The fraction of sp³-hybridized carbons (Fsp3) is 0.381. The van der Waals surface area contributed by atoms with Crippen LogP contribution in [0.2, 0.25) is 0 Å². The summed E-state index contributed by atoms with van der Waals surface area (Å²) in [5, 5.41) is 2.94. The van der Waals surface area contributed by atoms with Crippen molar-refractivity contribution in [2.75, 3.05) is 25.0 Å². The largest absolute Gasteiger partial charge is 0.372 e. The zero-order chi connectivity index (χ0) is 20.1. The van der Waals surface area contributed by atoms with Crippen molar-refractivity contribution in [2.45, 2.75) is 37.1 Å². The van der Waals surface area contributed by atoms with Gasteiger partial charge in [0, 0.05) is 24.3 Å². The van der Waals surface area contributed by atoms with Gasteiger partial charge < -0.3 is 10.2 Å². The monoisotopic (exact) mass is 401 g/mol. The Balaban J connectivity index is 1.68. The quantitative estimate of drug-likeness (QED) is 0.780. The molecule has 1 heterocycles. The Morgan fingerprint density at radius 3 is 2.36 bits per heavy atom. The van der Waals surface area contributed by atoms with Crippen molar-refractivity contribution in [3.8, 4) is 0 Å². The standard InChI is InChI=1S/C21H27N3O3S/c1-16(17-9-11-19(12-10-17)24-13-4-3-5-14-24)23-21(25)18-7-6-8-20(15-18)28(26,27)22-2/h6-12,15-16,22H,3-5,13-14H2,1-2H3,(H,23,25)/t16-/m1/s1. The van der Waals surface area contributed by atoms with Crippen LogP contribution in [0.1, 0.15) is 48.1 Å². The van der Waals surface area contributed by atoms with Crippen molar-refractivity contribution in [3.63, 3.8) is 0 Å². The minimum atomic E-state index is -3.59. The Bertz CT molecular complexity index is 920. The number of nitrogens with zero attached hydrogens (tertiary/aromatic N) is 1. The molecular formula is C21H27N3O3S. The van der Waals surface area contributed by atoms with Crippen molar-refractivity contribution in [2.24, 2.45) is 0 Å². The van der Waals surface area contributed by atoms with Crippen LogP contribution in [0.3, 0.4) is 0 Å². The molecule has 2 aromatic rings. The number of hydrogen-bond acceptors (Lipinski definition) is 4. The Labute approximate surface area is 167 Å². The van der Waals surface area contributed by atoms with E-state index in [-0.39, 0.29) is 16.8 Å². The number of hydrogen-bond donors (Lipinski definition) is 2. The third-order valence-corrected chi connectivity index (χ3v) is 6.55. The van der Waals surface area contributed by atoms with Crippen LogP contribution in [0.4, 0.5) is 5.69 Å². The van der Waals surface area contributed by atoms with Crippen molar-refractivity contribution in [1.82, 2.24) is 10.0 Å². The van der Waals surface area contributed by atoms with Gasteiger partial charge in [0.25, 0.3) is 5.91 Å². The lowest BCUT2D eigenvalue weighted by atomic mass is 10.1. The van der Waals surface area contributed by atoms with Gasteiger partial charge >= 0.3 is 0 Å². The number of sulfonamides is 1. The molecule has 1 saturated heterocycles. The van der Waals surface area contributed by atoms with E-state index in [9.17, 15) is 13.2 Å². The molecule has 6 nitrogen and oxygen atoms in total. The molecule has 1 aliphatic rings. The van der Waals surface area contributed by atoms with E-state index in [1.807, 2.05) is 19.1 Å². The van der Waals surface area contributed by atoms with E-state index in [0.717, 1.165) is 18.7 Å². The second-order valence-electron chi connectivity index (χ2n) is 7.07. The lowest BCUT2D eigenvalue weighted by Crippen LogP contribution is -2.29. The maximum atomic E-state index is 12.6. The molecule has 2 N–H and O–H groups in total. The van der Waals surface area contributed by atoms with Crippen molar-refractivity contribution >= 4 is 21.6 Å². The molecule has 1 amide bonds. The van der Waals surface area contributed by atoms with Gasteiger partial charge in [0.1, 0.15) is 0 Å². The molecule has 3 rings (SSSR count). The molecule has 0 unspecified atom stereocenters. The second kappa shape index (κ2) is 8.75. The topological polar surface area (TPSA) is 78.5 Å². The molecule has 0 saturated carbocycles. The van der Waals surface area contributed by atoms with E-state index in [0.29, 0.717) is 5.56 Å². The Kier molecular flexibility index (Phi) is 6.36. The summed E-state index contributed by atoms with van der Waals surface area (Å²) in [5.41, 5.74) is 2.54. The summed E-state index contributed by atoms with van der Waals surface area (Å²) in [7, 11) is -2.24. The molecule has 1 aliphatic heterocycles. The van der Waals surface area contributed by atoms with E-state index in [2.05, 4.69) is 27.1 Å². The van der Waals surface area contributed by atoms with Crippen LogP contribution in [-0.2, 0) is 10.0 Å². The molecule has 1 fully saturated rings. The summed E-state index contributed by atoms with van der Waals surface area (Å²) in [6.45, 7) is 4.11. The number of piperidine rings is 1. The average Bonchev–Trinajstić information content (AvgIpc) is 2.74. The van der Waals surface area contributed by atoms with Crippen LogP contribution < -0.4 is 14.9 Å². The zero-order valence-corrected chi connectivity index (χ0v) is 17.1. The average molecular weight is 402 g/mol. The highest BCUT2D eigenvalue weighted by Gasteiger charge is 2.17. The minimum Gasteiger partial charge on any atom is -0.372 e. The van der Waals surface area contributed by atoms with Gasteiger partial charge in [-0.25, -0.2) is 13.1 Å². The number of rotatable bonds is 6. The molecule has 0 bridgehead atoms. The SMILES string of the molecule is CNS(=O)(=O)c1cccc(C(=O)N[C@H](C)c2ccc(N3CCCCC3)cc2)c1. The van der Waals surface area contributed by atoms with Crippen LogP contribution in [-0.4, -0.2) is 34.5 Å². The van der Waals surface area contributed by atoms with Gasteiger partial charge in [0.15, 0.2) is 0 Å². The number of anilines is 1. The smallest absolute Gasteiger partial charge is 0.251 e. The van der Waals surface area contributed by atoms with Crippen LogP contribution >= 0.6 is 0 Å². The molecule has 0 radical (unpaired) electrons. The van der Waals surface area contributed by atoms with Gasteiger partial charge in [-0.1, -0.05) is 18.2 Å². The number of nitrogens with one attached hydrogen (secondary N) is 2. The number of amides is 1. The number of carbonyl (C=O) groups excluding carboxylic acids is 1. The van der Waals surface area contributed by atoms with E-state index >= 15 is 0 Å². The van der Waals surface area contributed by atoms with Gasteiger partial charge in [0.2, 0.25) is 10.0 Å². The van der Waals surface area contributed by atoms with Crippen LogP contribution in [0.25, 0.3) is 0 Å². The van der Waals surface area contributed by atoms with Crippen LogP contribution in [0.5, 0.6) is 0 Å². The molecule has 150 valence electrons. The summed E-state index contributed by atoms with van der Waals surface area (Å²) in [6, 6.07) is 14.1. The normalized spacial score (nSPS) is 15.9. The lowest BCUT2D eigenvalue weighted by molar-refractivity contribution is 0.0939. The van der Waals surface area contributed by atoms with E-state index < -0.39 is 10.0 Å². The van der Waals surface area contributed by atoms with Crippen LogP contribution in [0.15, 0.2) is 53.4 Å². The Morgan fingerprint density at radius 2 is 1.71 bits per heavy atom. The van der Waals surface area contributed by atoms with Crippen molar-refractivity contribution in [3.05, 3.63) is 59.7 Å². The van der Waals surface area contributed by atoms with Crippen molar-refractivity contribution in [1.29, 1.82) is 0 Å². The van der Waals surface area contributed by atoms with Gasteiger partial charge in [-0.15, -0.1) is 0 Å². The highest BCUT2D eigenvalue weighted by atomic mass is 32.2. The maximum absolute atomic E-state index is 12.6. The van der Waals surface area contributed by atoms with Gasteiger partial charge in [-0.05, 0) is 69.1 Å². The second-order valence-corrected chi connectivity index (χ2v) is 8.96. The minimum absolute atomic E-state index is 0.0705. The molecule has 7 heteroatoms. The first kappa shape index (κ1) is 20.4. The maximum Gasteiger partial charge on any atom is 0.251 e. The number of carbonyl (C=O) groups is 1. The molecule has 0 spiro atoms. The fourth-order valence-electron chi connectivity index (χ4n) is 3.41. The van der Waals surface area contributed by atoms with Crippen molar-refractivity contribution < 1.29 is 13.2 Å². The molecule has 0 aromatic heterocycles. The predicted molar refractivity (Wildman–Crippen MR) is 111 cm³/mol. The first-order valence-corrected chi connectivity index (χ1v) is 11.1. The summed E-state index contributed by atoms with van der Waals surface area (Å²) in [4.78, 5) is 15.0. The molecule has 28 heavy (non-hydrogen) atoms. The highest BCUT2D eigenvalue weighted by Crippen LogP contribution is 2.23.